The summed E-state index contributed by atoms with van der Waals surface area (Å²) in [5, 5.41) is 14.4. The van der Waals surface area contributed by atoms with Crippen LogP contribution in [0.1, 0.15) is 5.56 Å². The zero-order valence-corrected chi connectivity index (χ0v) is 13.1. The fourth-order valence-electron chi connectivity index (χ4n) is 1.62. The van der Waals surface area contributed by atoms with Crippen molar-refractivity contribution in [2.45, 2.75) is 0 Å². The molecule has 0 saturated heterocycles. The van der Waals surface area contributed by atoms with Gasteiger partial charge in [0, 0.05) is 22.2 Å². The van der Waals surface area contributed by atoms with Crippen LogP contribution in [0.15, 0.2) is 58.2 Å². The first-order chi connectivity index (χ1) is 10.6. The standard InChI is InChI=1S/C15H13BrN2O4/c16-13-4-2-6-15(10-13)21-7-8-22-17-11-12-3-1-5-14(9-12)18(19)20/h1-6,9-11H,7-8H2/b17-11+. The number of hydrogen-bond donors (Lipinski definition) is 0. The van der Waals surface area contributed by atoms with Crippen molar-refractivity contribution in [2.75, 3.05) is 13.2 Å². The highest BCUT2D eigenvalue weighted by atomic mass is 79.9. The molecule has 2 rings (SSSR count). The molecule has 0 N–H and O–H groups in total. The maximum Gasteiger partial charge on any atom is 0.270 e. The summed E-state index contributed by atoms with van der Waals surface area (Å²) >= 11 is 3.36. The van der Waals surface area contributed by atoms with Crippen LogP contribution in [0.2, 0.25) is 0 Å². The molecular weight excluding hydrogens is 352 g/mol. The predicted octanol–water partition coefficient (Wildman–Crippen LogP) is 3.79. The van der Waals surface area contributed by atoms with E-state index in [1.165, 1.54) is 18.3 Å². The molecule has 0 aliphatic rings. The lowest BCUT2D eigenvalue weighted by molar-refractivity contribution is -0.384. The number of nitro groups is 1. The average Bonchev–Trinajstić information content (AvgIpc) is 2.51. The van der Waals surface area contributed by atoms with E-state index < -0.39 is 4.92 Å². The normalized spacial score (nSPS) is 10.6. The van der Waals surface area contributed by atoms with Gasteiger partial charge in [0.15, 0.2) is 6.61 Å². The number of benzene rings is 2. The van der Waals surface area contributed by atoms with Crippen molar-refractivity contribution in [1.29, 1.82) is 0 Å². The highest BCUT2D eigenvalue weighted by Gasteiger charge is 2.03. The molecule has 0 amide bonds. The van der Waals surface area contributed by atoms with Crippen molar-refractivity contribution >= 4 is 27.8 Å². The molecule has 0 heterocycles. The Labute approximate surface area is 135 Å². The minimum atomic E-state index is -0.454. The molecule has 2 aromatic rings. The van der Waals surface area contributed by atoms with E-state index in [-0.39, 0.29) is 12.3 Å². The largest absolute Gasteiger partial charge is 0.490 e. The highest BCUT2D eigenvalue weighted by Crippen LogP contribution is 2.17. The average molecular weight is 365 g/mol. The zero-order valence-electron chi connectivity index (χ0n) is 11.5. The monoisotopic (exact) mass is 364 g/mol. The number of oxime groups is 1. The van der Waals surface area contributed by atoms with Crippen molar-refractivity contribution in [3.8, 4) is 5.75 Å². The van der Waals surface area contributed by atoms with Crippen LogP contribution in [-0.2, 0) is 4.84 Å². The second-order valence-electron chi connectivity index (χ2n) is 4.23. The lowest BCUT2D eigenvalue weighted by Crippen LogP contribution is -2.04. The third-order valence-electron chi connectivity index (χ3n) is 2.60. The van der Waals surface area contributed by atoms with E-state index >= 15 is 0 Å². The minimum absolute atomic E-state index is 0.0157. The quantitative estimate of drug-likeness (QED) is 0.324. The molecule has 0 fully saturated rings. The van der Waals surface area contributed by atoms with Crippen LogP contribution < -0.4 is 4.74 Å². The molecule has 2 aromatic carbocycles. The van der Waals surface area contributed by atoms with Crippen molar-refractivity contribution < 1.29 is 14.5 Å². The van der Waals surface area contributed by atoms with E-state index in [0.717, 1.165) is 10.2 Å². The first-order valence-electron chi connectivity index (χ1n) is 6.43. The molecule has 7 heteroatoms. The lowest BCUT2D eigenvalue weighted by atomic mass is 10.2. The Morgan fingerprint density at radius 1 is 1.18 bits per heavy atom. The van der Waals surface area contributed by atoms with Crippen LogP contribution in [0.25, 0.3) is 0 Å². The number of non-ortho nitro benzene ring substituents is 1. The zero-order chi connectivity index (χ0) is 15.8. The summed E-state index contributed by atoms with van der Waals surface area (Å²) in [5.41, 5.74) is 0.615. The molecule has 0 spiro atoms. The van der Waals surface area contributed by atoms with Gasteiger partial charge in [-0.3, -0.25) is 10.1 Å². The van der Waals surface area contributed by atoms with E-state index in [0.29, 0.717) is 12.2 Å². The fraction of sp³-hybridized carbons (Fsp3) is 0.133. The summed E-state index contributed by atoms with van der Waals surface area (Å²) < 4.78 is 6.41. The third kappa shape index (κ3) is 5.17. The maximum atomic E-state index is 10.6. The molecule has 114 valence electrons. The van der Waals surface area contributed by atoms with Crippen LogP contribution in [0.5, 0.6) is 5.75 Å². The first kappa shape index (κ1) is 16.0. The van der Waals surface area contributed by atoms with Gasteiger partial charge in [0.25, 0.3) is 5.69 Å². The summed E-state index contributed by atoms with van der Waals surface area (Å²) in [4.78, 5) is 15.2. The number of ether oxygens (including phenoxy) is 1. The second-order valence-corrected chi connectivity index (χ2v) is 5.14. The SMILES string of the molecule is O=[N+]([O-])c1cccc(/C=N/OCCOc2cccc(Br)c2)c1. The van der Waals surface area contributed by atoms with Gasteiger partial charge < -0.3 is 9.57 Å². The molecule has 0 atom stereocenters. The number of nitrogens with zero attached hydrogens (tertiary/aromatic N) is 2. The Balaban J connectivity index is 1.74. The van der Waals surface area contributed by atoms with Crippen molar-refractivity contribution in [3.05, 3.63) is 68.7 Å². The van der Waals surface area contributed by atoms with Gasteiger partial charge in [0.05, 0.1) is 11.1 Å². The second kappa shape index (κ2) is 8.14. The summed E-state index contributed by atoms with van der Waals surface area (Å²) in [6.07, 6.45) is 1.42. The summed E-state index contributed by atoms with van der Waals surface area (Å²) in [6, 6.07) is 13.6. The lowest BCUT2D eigenvalue weighted by Gasteiger charge is -2.05. The van der Waals surface area contributed by atoms with Crippen molar-refractivity contribution in [2.24, 2.45) is 5.16 Å². The van der Waals surface area contributed by atoms with Gasteiger partial charge in [-0.05, 0) is 18.2 Å². The summed E-state index contributed by atoms with van der Waals surface area (Å²) in [6.45, 7) is 0.626. The Hall–Kier alpha value is -2.41. The molecule has 0 aromatic heterocycles. The van der Waals surface area contributed by atoms with Crippen molar-refractivity contribution in [1.82, 2.24) is 0 Å². The molecular formula is C15H13BrN2O4. The Kier molecular flexibility index (Phi) is 5.91. The van der Waals surface area contributed by atoms with Gasteiger partial charge in [0.1, 0.15) is 12.4 Å². The van der Waals surface area contributed by atoms with Gasteiger partial charge in [0.2, 0.25) is 0 Å². The van der Waals surface area contributed by atoms with Crippen LogP contribution >= 0.6 is 15.9 Å². The summed E-state index contributed by atoms with van der Waals surface area (Å²) in [7, 11) is 0. The van der Waals surface area contributed by atoms with E-state index in [2.05, 4.69) is 21.1 Å². The van der Waals surface area contributed by atoms with Crippen LogP contribution in [-0.4, -0.2) is 24.4 Å². The number of nitro benzene ring substituents is 1. The van der Waals surface area contributed by atoms with Crippen LogP contribution in [0.3, 0.4) is 0 Å². The highest BCUT2D eigenvalue weighted by molar-refractivity contribution is 9.10. The first-order valence-corrected chi connectivity index (χ1v) is 7.22. The van der Waals surface area contributed by atoms with E-state index in [4.69, 9.17) is 9.57 Å². The Morgan fingerprint density at radius 3 is 2.77 bits per heavy atom. The third-order valence-corrected chi connectivity index (χ3v) is 3.09. The maximum absolute atomic E-state index is 10.6. The van der Waals surface area contributed by atoms with Gasteiger partial charge in [-0.2, -0.15) is 0 Å². The number of rotatable bonds is 7. The predicted molar refractivity (Wildman–Crippen MR) is 86.3 cm³/mol. The molecule has 0 aliphatic heterocycles. The fourth-order valence-corrected chi connectivity index (χ4v) is 2.00. The molecule has 0 unspecified atom stereocenters. The topological polar surface area (TPSA) is 74.0 Å². The smallest absolute Gasteiger partial charge is 0.270 e. The van der Waals surface area contributed by atoms with Crippen molar-refractivity contribution in [3.63, 3.8) is 0 Å². The molecule has 0 saturated carbocycles. The number of hydrogen-bond acceptors (Lipinski definition) is 5. The van der Waals surface area contributed by atoms with Gasteiger partial charge in [-0.1, -0.05) is 39.3 Å². The van der Waals surface area contributed by atoms with E-state index in [1.54, 1.807) is 12.1 Å². The van der Waals surface area contributed by atoms with Gasteiger partial charge >= 0.3 is 0 Å². The molecule has 6 nitrogen and oxygen atoms in total. The van der Waals surface area contributed by atoms with Crippen LogP contribution in [0, 0.1) is 10.1 Å². The molecule has 0 aliphatic carbocycles. The van der Waals surface area contributed by atoms with Gasteiger partial charge in [-0.25, -0.2) is 0 Å². The van der Waals surface area contributed by atoms with Crippen LogP contribution in [0.4, 0.5) is 5.69 Å². The summed E-state index contributed by atoms with van der Waals surface area (Å²) in [5.74, 6) is 0.737. The number of halogens is 1. The Morgan fingerprint density at radius 2 is 2.00 bits per heavy atom. The molecule has 22 heavy (non-hydrogen) atoms. The molecule has 0 radical (unpaired) electrons. The minimum Gasteiger partial charge on any atom is -0.490 e. The molecule has 0 bridgehead atoms. The van der Waals surface area contributed by atoms with E-state index in [1.807, 2.05) is 24.3 Å². The van der Waals surface area contributed by atoms with Gasteiger partial charge in [-0.15, -0.1) is 0 Å². The van der Waals surface area contributed by atoms with E-state index in [9.17, 15) is 10.1 Å². The Bertz CT molecular complexity index is 676.